The summed E-state index contributed by atoms with van der Waals surface area (Å²) >= 11 is 0. The van der Waals surface area contributed by atoms with E-state index < -0.39 is 0 Å². The minimum Gasteiger partial charge on any atom is -0.494 e. The van der Waals surface area contributed by atoms with Crippen LogP contribution in [0.4, 0.5) is 5.95 Å². The zero-order valence-electron chi connectivity index (χ0n) is 23.8. The topological polar surface area (TPSA) is 107 Å². The zero-order valence-corrected chi connectivity index (χ0v) is 23.8. The van der Waals surface area contributed by atoms with Gasteiger partial charge in [0.25, 0.3) is 5.91 Å². The van der Waals surface area contributed by atoms with E-state index in [1.54, 1.807) is 19.5 Å². The van der Waals surface area contributed by atoms with Gasteiger partial charge >= 0.3 is 0 Å². The van der Waals surface area contributed by atoms with Crippen LogP contribution in [0.1, 0.15) is 23.2 Å². The molecule has 0 spiro atoms. The zero-order chi connectivity index (χ0) is 28.5. The Bertz CT molecular complexity index is 1820. The molecule has 2 saturated heterocycles. The molecule has 3 aliphatic rings. The third-order valence-electron chi connectivity index (χ3n) is 9.60. The standard InChI is InChI=1S/C32H34N8O2/c1-37-24-7-4-3-6-20(24)13-26(37)30-36-23-12-22(31(41)39-18-21-8-9-25(39)28(21)33)14-27(42-2)29(23)40(30)17-19-15-38(16-19)32-34-10-5-11-35-32/h3-7,10-14,19,21,25,28H,8-9,15-18,33H2,1-2H3/t21?,25?,28-/m1/s1. The van der Waals surface area contributed by atoms with Crippen LogP contribution in [0.2, 0.25) is 0 Å². The number of hydrogen-bond acceptors (Lipinski definition) is 7. The molecular formula is C32H34N8O2. The van der Waals surface area contributed by atoms with E-state index in [9.17, 15) is 4.79 Å². The van der Waals surface area contributed by atoms with Crippen LogP contribution in [0, 0.1) is 11.8 Å². The molecule has 2 N–H and O–H groups in total. The van der Waals surface area contributed by atoms with E-state index in [-0.39, 0.29) is 18.0 Å². The Balaban J connectivity index is 1.21. The van der Waals surface area contributed by atoms with Gasteiger partial charge < -0.3 is 29.4 Å². The minimum atomic E-state index is 0.0102. The number of carbonyl (C=O) groups excluding carboxylic acids is 1. The van der Waals surface area contributed by atoms with Crippen LogP contribution in [0.25, 0.3) is 33.5 Å². The molecule has 3 atom stereocenters. The SMILES string of the molecule is COc1cc(C(=O)N2CC3CCC2[C@@H]3N)cc2nc(-c3cc4ccccc4n3C)n(CC3CN(c4ncccn4)C3)c12. The number of aromatic nitrogens is 5. The van der Waals surface area contributed by atoms with Gasteiger partial charge in [-0.25, -0.2) is 15.0 Å². The molecule has 10 heteroatoms. The molecule has 1 amide bonds. The molecule has 2 unspecified atom stereocenters. The van der Waals surface area contributed by atoms with Gasteiger partial charge in [0, 0.05) is 80.1 Å². The summed E-state index contributed by atoms with van der Waals surface area (Å²) in [6.07, 6.45) is 5.64. The summed E-state index contributed by atoms with van der Waals surface area (Å²) in [5.41, 5.74) is 10.9. The lowest BCUT2D eigenvalue weighted by molar-refractivity contribution is 0.0700. The first-order chi connectivity index (χ1) is 20.5. The average molecular weight is 563 g/mol. The fourth-order valence-corrected chi connectivity index (χ4v) is 7.40. The number of methoxy groups -OCH3 is 1. The highest BCUT2D eigenvalue weighted by Crippen LogP contribution is 2.40. The van der Waals surface area contributed by atoms with E-state index in [2.05, 4.69) is 61.4 Å². The normalized spacial score (nSPS) is 21.9. The number of likely N-dealkylation sites (tertiary alicyclic amines) is 1. The molecule has 2 bridgehead atoms. The number of nitrogens with two attached hydrogens (primary N) is 1. The molecule has 1 saturated carbocycles. The number of rotatable bonds is 6. The average Bonchev–Trinajstić information content (AvgIpc) is 3.74. The Hall–Kier alpha value is -4.44. The second kappa shape index (κ2) is 9.55. The summed E-state index contributed by atoms with van der Waals surface area (Å²) in [6, 6.07) is 16.4. The van der Waals surface area contributed by atoms with Gasteiger partial charge in [-0.1, -0.05) is 18.2 Å². The van der Waals surface area contributed by atoms with Crippen molar-refractivity contribution in [3.05, 3.63) is 66.5 Å². The van der Waals surface area contributed by atoms with Gasteiger partial charge in [0.15, 0.2) is 5.82 Å². The molecule has 42 heavy (non-hydrogen) atoms. The molecule has 0 radical (unpaired) electrons. The van der Waals surface area contributed by atoms with Crippen molar-refractivity contribution >= 4 is 33.8 Å². The number of hydrogen-bond donors (Lipinski definition) is 1. The number of fused-ring (bicyclic) bond motifs is 4. The lowest BCUT2D eigenvalue weighted by Crippen LogP contribution is -2.49. The number of aryl methyl sites for hydroxylation is 1. The van der Waals surface area contributed by atoms with Gasteiger partial charge in [-0.2, -0.15) is 0 Å². The first kappa shape index (κ1) is 25.3. The summed E-state index contributed by atoms with van der Waals surface area (Å²) in [7, 11) is 3.75. The maximum Gasteiger partial charge on any atom is 0.254 e. The molecule has 2 aliphatic heterocycles. The van der Waals surface area contributed by atoms with Crippen molar-refractivity contribution < 1.29 is 9.53 Å². The summed E-state index contributed by atoms with van der Waals surface area (Å²) < 4.78 is 10.4. The highest BCUT2D eigenvalue weighted by Gasteiger charge is 2.47. The largest absolute Gasteiger partial charge is 0.494 e. The first-order valence-corrected chi connectivity index (χ1v) is 14.7. The maximum atomic E-state index is 13.8. The van der Waals surface area contributed by atoms with Gasteiger partial charge in [0.1, 0.15) is 11.3 Å². The summed E-state index contributed by atoms with van der Waals surface area (Å²) in [6.45, 7) is 3.19. The molecule has 2 aromatic carbocycles. The molecular weight excluding hydrogens is 528 g/mol. The van der Waals surface area contributed by atoms with Crippen LogP contribution < -0.4 is 15.4 Å². The Kier molecular flexibility index (Phi) is 5.75. The Morgan fingerprint density at radius 3 is 2.57 bits per heavy atom. The van der Waals surface area contributed by atoms with Crippen molar-refractivity contribution in [2.24, 2.45) is 24.6 Å². The third kappa shape index (κ3) is 3.81. The molecule has 1 aliphatic carbocycles. The van der Waals surface area contributed by atoms with Crippen molar-refractivity contribution in [1.82, 2.24) is 29.0 Å². The van der Waals surface area contributed by atoms with Crippen LogP contribution in [-0.2, 0) is 13.6 Å². The number of anilines is 1. The third-order valence-corrected chi connectivity index (χ3v) is 9.60. The van der Waals surface area contributed by atoms with Crippen molar-refractivity contribution in [2.45, 2.75) is 31.5 Å². The van der Waals surface area contributed by atoms with E-state index in [0.717, 1.165) is 78.4 Å². The number of piperidine rings is 1. The quantitative estimate of drug-likeness (QED) is 0.336. The monoisotopic (exact) mass is 562 g/mol. The molecule has 10 nitrogen and oxygen atoms in total. The number of para-hydroxylation sites is 1. The van der Waals surface area contributed by atoms with Crippen LogP contribution >= 0.6 is 0 Å². The second-order valence-corrected chi connectivity index (χ2v) is 12.0. The van der Waals surface area contributed by atoms with E-state index in [1.165, 1.54) is 0 Å². The Morgan fingerprint density at radius 1 is 1.05 bits per heavy atom. The van der Waals surface area contributed by atoms with Gasteiger partial charge in [-0.05, 0) is 49.1 Å². The summed E-state index contributed by atoms with van der Waals surface area (Å²) in [5.74, 6) is 3.07. The predicted molar refractivity (Wildman–Crippen MR) is 161 cm³/mol. The Labute approximate surface area is 243 Å². The van der Waals surface area contributed by atoms with Crippen molar-refractivity contribution in [1.29, 1.82) is 0 Å². The van der Waals surface area contributed by atoms with E-state index in [1.807, 2.05) is 23.1 Å². The van der Waals surface area contributed by atoms with E-state index in [0.29, 0.717) is 23.1 Å². The van der Waals surface area contributed by atoms with Crippen LogP contribution in [0.3, 0.4) is 0 Å². The molecule has 5 heterocycles. The number of nitrogens with zero attached hydrogens (tertiary/aromatic N) is 7. The van der Waals surface area contributed by atoms with Gasteiger partial charge in [0.05, 0.1) is 18.3 Å². The highest BCUT2D eigenvalue weighted by molar-refractivity contribution is 6.00. The second-order valence-electron chi connectivity index (χ2n) is 12.0. The number of ether oxygens (including phenoxy) is 1. The lowest BCUT2D eigenvalue weighted by atomic mass is 10.0. The molecule has 8 rings (SSSR count). The van der Waals surface area contributed by atoms with Crippen molar-refractivity contribution in [3.8, 4) is 17.3 Å². The number of carbonyl (C=O) groups is 1. The summed E-state index contributed by atoms with van der Waals surface area (Å²) in [5, 5.41) is 1.16. The number of benzene rings is 2. The van der Waals surface area contributed by atoms with Crippen LogP contribution in [-0.4, -0.2) is 73.7 Å². The lowest BCUT2D eigenvalue weighted by Gasteiger charge is -2.39. The number of imidazole rings is 1. The maximum absolute atomic E-state index is 13.8. The summed E-state index contributed by atoms with van der Waals surface area (Å²) in [4.78, 5) is 32.0. The van der Waals surface area contributed by atoms with Crippen LogP contribution in [0.5, 0.6) is 5.75 Å². The molecule has 3 fully saturated rings. The molecule has 214 valence electrons. The Morgan fingerprint density at radius 2 is 1.86 bits per heavy atom. The van der Waals surface area contributed by atoms with Gasteiger partial charge in [0.2, 0.25) is 5.95 Å². The number of amides is 1. The van der Waals surface area contributed by atoms with Crippen molar-refractivity contribution in [2.75, 3.05) is 31.6 Å². The van der Waals surface area contributed by atoms with E-state index >= 15 is 0 Å². The minimum absolute atomic E-state index is 0.0102. The van der Waals surface area contributed by atoms with Crippen LogP contribution in [0.15, 0.2) is 60.9 Å². The van der Waals surface area contributed by atoms with Gasteiger partial charge in [-0.15, -0.1) is 0 Å². The highest BCUT2D eigenvalue weighted by atomic mass is 16.5. The first-order valence-electron chi connectivity index (χ1n) is 14.7. The fourth-order valence-electron chi connectivity index (χ4n) is 7.40. The van der Waals surface area contributed by atoms with E-state index in [4.69, 9.17) is 15.5 Å². The van der Waals surface area contributed by atoms with Crippen molar-refractivity contribution in [3.63, 3.8) is 0 Å². The van der Waals surface area contributed by atoms with Gasteiger partial charge in [-0.3, -0.25) is 4.79 Å². The smallest absolute Gasteiger partial charge is 0.254 e. The molecule has 5 aromatic rings. The molecule has 3 aromatic heterocycles. The predicted octanol–water partition coefficient (Wildman–Crippen LogP) is 3.69. The fraction of sp³-hybridized carbons (Fsp3) is 0.375.